The van der Waals surface area contributed by atoms with Crippen molar-refractivity contribution in [3.05, 3.63) is 48.6 Å². The molecule has 118 valence electrons. The van der Waals surface area contributed by atoms with E-state index in [4.69, 9.17) is 0 Å². The van der Waals surface area contributed by atoms with Crippen LogP contribution in [-0.4, -0.2) is 13.1 Å². The van der Waals surface area contributed by atoms with Gasteiger partial charge in [-0.2, -0.15) is 0 Å². The van der Waals surface area contributed by atoms with Crippen molar-refractivity contribution >= 4 is 5.97 Å². The maximum Gasteiger partial charge on any atom is 0.309 e. The molecule has 0 heterocycles. The number of esters is 1. The van der Waals surface area contributed by atoms with E-state index in [1.807, 2.05) is 6.08 Å². The van der Waals surface area contributed by atoms with E-state index in [1.54, 1.807) is 0 Å². The first kappa shape index (κ1) is 19.4. The highest BCUT2D eigenvalue weighted by atomic mass is 16.5. The summed E-state index contributed by atoms with van der Waals surface area (Å²) >= 11 is 0. The Morgan fingerprint density at radius 1 is 0.810 bits per heavy atom. The molecule has 0 aromatic carbocycles. The van der Waals surface area contributed by atoms with Crippen LogP contribution in [0.25, 0.3) is 0 Å². The Morgan fingerprint density at radius 3 is 1.90 bits per heavy atom. The molecule has 0 N–H and O–H groups in total. The molecule has 0 fully saturated rings. The molecule has 0 aromatic rings. The van der Waals surface area contributed by atoms with Gasteiger partial charge < -0.3 is 4.74 Å². The highest BCUT2D eigenvalue weighted by Gasteiger charge is 1.92. The Labute approximate surface area is 130 Å². The first-order valence-electron chi connectivity index (χ1n) is 7.98. The van der Waals surface area contributed by atoms with Crippen molar-refractivity contribution in [2.45, 2.75) is 58.3 Å². The average molecular weight is 290 g/mol. The van der Waals surface area contributed by atoms with E-state index in [0.29, 0.717) is 6.42 Å². The Morgan fingerprint density at radius 2 is 1.33 bits per heavy atom. The SMILES string of the molecule is CCC=CCC=CCC=CCCCCC=CCC(=O)OC. The number of allylic oxidation sites excluding steroid dienone is 7. The minimum atomic E-state index is -0.174. The van der Waals surface area contributed by atoms with E-state index in [9.17, 15) is 4.79 Å². The summed E-state index contributed by atoms with van der Waals surface area (Å²) in [5.41, 5.74) is 0. The summed E-state index contributed by atoms with van der Waals surface area (Å²) in [4.78, 5) is 10.9. The Kier molecular flexibility index (Phi) is 15.3. The second-order valence-corrected chi connectivity index (χ2v) is 4.83. The van der Waals surface area contributed by atoms with Crippen LogP contribution < -0.4 is 0 Å². The van der Waals surface area contributed by atoms with E-state index >= 15 is 0 Å². The lowest BCUT2D eigenvalue weighted by Crippen LogP contribution is -1.96. The fourth-order valence-electron chi connectivity index (χ4n) is 1.73. The summed E-state index contributed by atoms with van der Waals surface area (Å²) in [5, 5.41) is 0. The van der Waals surface area contributed by atoms with Crippen molar-refractivity contribution in [2.75, 3.05) is 7.11 Å². The van der Waals surface area contributed by atoms with Crippen LogP contribution in [0, 0.1) is 0 Å². The van der Waals surface area contributed by atoms with Gasteiger partial charge in [0, 0.05) is 0 Å². The summed E-state index contributed by atoms with van der Waals surface area (Å²) in [5.74, 6) is -0.174. The van der Waals surface area contributed by atoms with E-state index in [1.165, 1.54) is 20.0 Å². The normalized spacial score (nSPS) is 12.3. The molecule has 0 amide bonds. The molecular weight excluding hydrogens is 260 g/mol. The van der Waals surface area contributed by atoms with Crippen LogP contribution >= 0.6 is 0 Å². The fourth-order valence-corrected chi connectivity index (χ4v) is 1.73. The van der Waals surface area contributed by atoms with Crippen molar-refractivity contribution in [1.29, 1.82) is 0 Å². The highest BCUT2D eigenvalue weighted by molar-refractivity contribution is 5.70. The molecular formula is C19H30O2. The molecule has 21 heavy (non-hydrogen) atoms. The molecule has 0 saturated carbocycles. The van der Waals surface area contributed by atoms with Gasteiger partial charge in [-0.05, 0) is 44.9 Å². The zero-order valence-corrected chi connectivity index (χ0v) is 13.6. The lowest BCUT2D eigenvalue weighted by molar-refractivity contribution is -0.139. The number of hydrogen-bond donors (Lipinski definition) is 0. The number of rotatable bonds is 12. The number of carbonyl (C=O) groups is 1. The third-order valence-electron chi connectivity index (χ3n) is 2.95. The number of methoxy groups -OCH3 is 1. The maximum absolute atomic E-state index is 10.9. The number of unbranched alkanes of at least 4 members (excludes halogenated alkanes) is 3. The molecule has 0 spiro atoms. The van der Waals surface area contributed by atoms with Crippen molar-refractivity contribution in [2.24, 2.45) is 0 Å². The topological polar surface area (TPSA) is 26.3 Å². The van der Waals surface area contributed by atoms with Gasteiger partial charge in [0.05, 0.1) is 13.5 Å². The molecule has 0 radical (unpaired) electrons. The van der Waals surface area contributed by atoms with Gasteiger partial charge in [-0.25, -0.2) is 0 Å². The second-order valence-electron chi connectivity index (χ2n) is 4.83. The first-order valence-corrected chi connectivity index (χ1v) is 7.98. The highest BCUT2D eigenvalue weighted by Crippen LogP contribution is 2.03. The summed E-state index contributed by atoms with van der Waals surface area (Å²) in [7, 11) is 1.42. The number of hydrogen-bond acceptors (Lipinski definition) is 2. The van der Waals surface area contributed by atoms with Gasteiger partial charge in [-0.1, -0.05) is 55.5 Å². The van der Waals surface area contributed by atoms with Gasteiger partial charge in [0.2, 0.25) is 0 Å². The Hall–Kier alpha value is -1.57. The fraction of sp³-hybridized carbons (Fsp3) is 0.526. The Balaban J connectivity index is 3.36. The molecule has 0 atom stereocenters. The molecule has 0 unspecified atom stereocenters. The minimum absolute atomic E-state index is 0.174. The zero-order chi connectivity index (χ0) is 15.6. The van der Waals surface area contributed by atoms with Gasteiger partial charge in [-0.15, -0.1) is 0 Å². The van der Waals surface area contributed by atoms with E-state index in [0.717, 1.165) is 32.1 Å². The van der Waals surface area contributed by atoms with Crippen molar-refractivity contribution in [1.82, 2.24) is 0 Å². The quantitative estimate of drug-likeness (QED) is 0.268. The van der Waals surface area contributed by atoms with Gasteiger partial charge >= 0.3 is 5.97 Å². The van der Waals surface area contributed by atoms with Crippen molar-refractivity contribution in [3.63, 3.8) is 0 Å². The summed E-state index contributed by atoms with van der Waals surface area (Å²) in [6, 6.07) is 0. The minimum Gasteiger partial charge on any atom is -0.469 e. The van der Waals surface area contributed by atoms with Crippen LogP contribution in [0.3, 0.4) is 0 Å². The molecule has 0 rings (SSSR count). The standard InChI is InChI=1S/C19H30O2/c1-3-4-5-6-7-8-9-10-11-12-13-14-15-16-17-18-19(20)21-2/h4-5,7-8,10-11,16-17H,3,6,9,12-15,18H2,1-2H3. The number of ether oxygens (including phenoxy) is 1. The van der Waals surface area contributed by atoms with E-state index in [2.05, 4.69) is 54.2 Å². The lowest BCUT2D eigenvalue weighted by atomic mass is 10.1. The summed E-state index contributed by atoms with van der Waals surface area (Å²) in [6.07, 6.45) is 25.4. The zero-order valence-electron chi connectivity index (χ0n) is 13.6. The largest absolute Gasteiger partial charge is 0.469 e. The van der Waals surface area contributed by atoms with Crippen molar-refractivity contribution in [3.8, 4) is 0 Å². The molecule has 2 heteroatoms. The molecule has 0 aliphatic rings. The average Bonchev–Trinajstić information content (AvgIpc) is 2.50. The van der Waals surface area contributed by atoms with Gasteiger partial charge in [0.25, 0.3) is 0 Å². The van der Waals surface area contributed by atoms with Crippen LogP contribution in [0.1, 0.15) is 58.3 Å². The van der Waals surface area contributed by atoms with Crippen LogP contribution in [0.4, 0.5) is 0 Å². The van der Waals surface area contributed by atoms with Gasteiger partial charge in [0.15, 0.2) is 0 Å². The van der Waals surface area contributed by atoms with Gasteiger partial charge in [0.1, 0.15) is 0 Å². The van der Waals surface area contributed by atoms with Crippen LogP contribution in [-0.2, 0) is 9.53 Å². The lowest BCUT2D eigenvalue weighted by Gasteiger charge is -1.94. The first-order chi connectivity index (χ1) is 10.3. The third kappa shape index (κ3) is 16.4. The Bertz CT molecular complexity index is 349. The predicted molar refractivity (Wildman–Crippen MR) is 91.2 cm³/mol. The van der Waals surface area contributed by atoms with E-state index in [-0.39, 0.29) is 5.97 Å². The summed E-state index contributed by atoms with van der Waals surface area (Å²) < 4.78 is 4.56. The van der Waals surface area contributed by atoms with Crippen LogP contribution in [0.5, 0.6) is 0 Å². The molecule has 0 aliphatic carbocycles. The molecule has 0 saturated heterocycles. The molecule has 2 nitrogen and oxygen atoms in total. The second kappa shape index (κ2) is 16.5. The molecule has 0 bridgehead atoms. The summed E-state index contributed by atoms with van der Waals surface area (Å²) in [6.45, 7) is 2.15. The van der Waals surface area contributed by atoms with Crippen LogP contribution in [0.15, 0.2) is 48.6 Å². The van der Waals surface area contributed by atoms with Gasteiger partial charge in [-0.3, -0.25) is 4.79 Å². The van der Waals surface area contributed by atoms with E-state index < -0.39 is 0 Å². The number of carbonyl (C=O) groups excluding carboxylic acids is 1. The molecule has 0 aliphatic heterocycles. The van der Waals surface area contributed by atoms with Crippen molar-refractivity contribution < 1.29 is 9.53 Å². The monoisotopic (exact) mass is 290 g/mol. The smallest absolute Gasteiger partial charge is 0.309 e. The van der Waals surface area contributed by atoms with Crippen LogP contribution in [0.2, 0.25) is 0 Å². The maximum atomic E-state index is 10.9. The predicted octanol–water partition coefficient (Wildman–Crippen LogP) is 5.52. The molecule has 0 aromatic heterocycles. The third-order valence-corrected chi connectivity index (χ3v) is 2.95.